The smallest absolute Gasteiger partial charge is 0.407 e. The molecule has 0 saturated heterocycles. The van der Waals surface area contributed by atoms with Crippen LogP contribution >= 0.6 is 15.9 Å². The van der Waals surface area contributed by atoms with Crippen molar-refractivity contribution in [2.24, 2.45) is 0 Å². The van der Waals surface area contributed by atoms with Crippen molar-refractivity contribution in [1.29, 1.82) is 0 Å². The zero-order valence-electron chi connectivity index (χ0n) is 12.3. The SMILES string of the molecule is CC(C)(C)OC(=O)NCCCS(=O)(=O)c1ccc(Br)cc1. The number of carbonyl (C=O) groups excluding carboxylic acids is 1. The number of halogens is 1. The summed E-state index contributed by atoms with van der Waals surface area (Å²) in [7, 11) is -3.32. The third kappa shape index (κ3) is 6.95. The molecule has 0 aliphatic heterocycles. The van der Waals surface area contributed by atoms with Crippen LogP contribution in [0.3, 0.4) is 0 Å². The van der Waals surface area contributed by atoms with Crippen LogP contribution in [0.25, 0.3) is 0 Å². The van der Waals surface area contributed by atoms with Gasteiger partial charge >= 0.3 is 6.09 Å². The number of ether oxygens (including phenoxy) is 1. The number of rotatable bonds is 5. The highest BCUT2D eigenvalue weighted by molar-refractivity contribution is 9.10. The fraction of sp³-hybridized carbons (Fsp3) is 0.500. The quantitative estimate of drug-likeness (QED) is 0.799. The standard InChI is InChI=1S/C14H20BrNO4S/c1-14(2,3)20-13(17)16-9-4-10-21(18,19)12-7-5-11(15)6-8-12/h5-8H,4,9-10H2,1-3H3,(H,16,17). The van der Waals surface area contributed by atoms with Gasteiger partial charge in [-0.15, -0.1) is 0 Å². The maximum Gasteiger partial charge on any atom is 0.407 e. The Kier molecular flexibility index (Phi) is 6.22. The second kappa shape index (κ2) is 7.26. The van der Waals surface area contributed by atoms with Crippen molar-refractivity contribution in [2.45, 2.75) is 37.7 Å². The minimum atomic E-state index is -3.32. The number of hydrogen-bond donors (Lipinski definition) is 1. The molecule has 118 valence electrons. The summed E-state index contributed by atoms with van der Waals surface area (Å²) in [6.07, 6.45) is -0.207. The van der Waals surface area contributed by atoms with Gasteiger partial charge in [-0.05, 0) is 51.5 Å². The molecule has 1 aromatic rings. The van der Waals surface area contributed by atoms with E-state index < -0.39 is 21.5 Å². The van der Waals surface area contributed by atoms with Gasteiger partial charge in [-0.1, -0.05) is 15.9 Å². The molecule has 0 unspecified atom stereocenters. The molecular weight excluding hydrogens is 358 g/mol. The van der Waals surface area contributed by atoms with Gasteiger partial charge in [0.05, 0.1) is 10.6 Å². The predicted molar refractivity (Wildman–Crippen MR) is 85.0 cm³/mol. The number of nitrogens with one attached hydrogen (secondary N) is 1. The summed E-state index contributed by atoms with van der Waals surface area (Å²) in [5.74, 6) is -0.0234. The second-order valence-electron chi connectivity index (χ2n) is 5.56. The summed E-state index contributed by atoms with van der Waals surface area (Å²) in [5, 5.41) is 2.54. The van der Waals surface area contributed by atoms with E-state index in [0.717, 1.165) is 4.47 Å². The zero-order valence-corrected chi connectivity index (χ0v) is 14.8. The average Bonchev–Trinajstić information content (AvgIpc) is 2.33. The molecule has 0 heterocycles. The van der Waals surface area contributed by atoms with E-state index in [-0.39, 0.29) is 17.2 Å². The van der Waals surface area contributed by atoms with E-state index in [1.807, 2.05) is 0 Å². The number of amides is 1. The summed E-state index contributed by atoms with van der Waals surface area (Å²) >= 11 is 3.26. The molecule has 1 N–H and O–H groups in total. The van der Waals surface area contributed by atoms with Crippen molar-refractivity contribution in [2.75, 3.05) is 12.3 Å². The van der Waals surface area contributed by atoms with Crippen molar-refractivity contribution in [3.05, 3.63) is 28.7 Å². The summed E-state index contributed by atoms with van der Waals surface area (Å²) in [6.45, 7) is 5.56. The van der Waals surface area contributed by atoms with Crippen LogP contribution in [0.2, 0.25) is 0 Å². The predicted octanol–water partition coefficient (Wildman–Crippen LogP) is 3.14. The van der Waals surface area contributed by atoms with Crippen molar-refractivity contribution in [3.8, 4) is 0 Å². The number of carbonyl (C=O) groups is 1. The third-order valence-electron chi connectivity index (χ3n) is 2.43. The minimum absolute atomic E-state index is 0.0234. The topological polar surface area (TPSA) is 72.5 Å². The first-order valence-corrected chi connectivity index (χ1v) is 9.00. The third-order valence-corrected chi connectivity index (χ3v) is 4.78. The molecule has 0 radical (unpaired) electrons. The van der Waals surface area contributed by atoms with Crippen LogP contribution < -0.4 is 5.32 Å². The molecule has 21 heavy (non-hydrogen) atoms. The monoisotopic (exact) mass is 377 g/mol. The molecule has 1 amide bonds. The van der Waals surface area contributed by atoms with Gasteiger partial charge in [0.2, 0.25) is 0 Å². The Labute approximate surface area is 134 Å². The van der Waals surface area contributed by atoms with Gasteiger partial charge in [-0.25, -0.2) is 13.2 Å². The Hall–Kier alpha value is -1.08. The van der Waals surface area contributed by atoms with Gasteiger partial charge in [0.15, 0.2) is 9.84 Å². The second-order valence-corrected chi connectivity index (χ2v) is 8.58. The van der Waals surface area contributed by atoms with Crippen molar-refractivity contribution in [3.63, 3.8) is 0 Å². The molecule has 1 rings (SSSR count). The number of alkyl carbamates (subject to hydrolysis) is 1. The Bertz CT molecular complexity index is 576. The van der Waals surface area contributed by atoms with E-state index in [1.165, 1.54) is 0 Å². The van der Waals surface area contributed by atoms with E-state index in [2.05, 4.69) is 21.2 Å². The molecule has 0 spiro atoms. The molecule has 0 saturated carbocycles. The molecule has 0 aliphatic carbocycles. The van der Waals surface area contributed by atoms with Gasteiger partial charge < -0.3 is 10.1 Å². The summed E-state index contributed by atoms with van der Waals surface area (Å²) in [6, 6.07) is 6.49. The molecule has 7 heteroatoms. The number of hydrogen-bond acceptors (Lipinski definition) is 4. The van der Waals surface area contributed by atoms with Gasteiger partial charge in [0.1, 0.15) is 5.60 Å². The first-order chi connectivity index (χ1) is 9.60. The molecule has 1 aromatic carbocycles. The summed E-state index contributed by atoms with van der Waals surface area (Å²) in [4.78, 5) is 11.7. The highest BCUT2D eigenvalue weighted by Gasteiger charge is 2.17. The van der Waals surface area contributed by atoms with E-state index in [9.17, 15) is 13.2 Å². The van der Waals surface area contributed by atoms with Crippen molar-refractivity contribution < 1.29 is 17.9 Å². The lowest BCUT2D eigenvalue weighted by atomic mass is 10.2. The molecule has 5 nitrogen and oxygen atoms in total. The van der Waals surface area contributed by atoms with E-state index in [4.69, 9.17) is 4.74 Å². The van der Waals surface area contributed by atoms with Crippen LogP contribution in [0.5, 0.6) is 0 Å². The van der Waals surface area contributed by atoms with Crippen LogP contribution in [-0.4, -0.2) is 32.4 Å². The maximum absolute atomic E-state index is 12.1. The summed E-state index contributed by atoms with van der Waals surface area (Å²) in [5.41, 5.74) is -0.562. The fourth-order valence-electron chi connectivity index (χ4n) is 1.53. The average molecular weight is 378 g/mol. The van der Waals surface area contributed by atoms with E-state index in [0.29, 0.717) is 6.42 Å². The molecule has 0 fully saturated rings. The fourth-order valence-corrected chi connectivity index (χ4v) is 3.10. The molecular formula is C14H20BrNO4S. The molecule has 0 aromatic heterocycles. The molecule has 0 bridgehead atoms. The van der Waals surface area contributed by atoms with Crippen LogP contribution in [-0.2, 0) is 14.6 Å². The Morgan fingerprint density at radius 2 is 1.81 bits per heavy atom. The lowest BCUT2D eigenvalue weighted by molar-refractivity contribution is 0.0528. The van der Waals surface area contributed by atoms with Gasteiger partial charge in [-0.3, -0.25) is 0 Å². The van der Waals surface area contributed by atoms with Gasteiger partial charge in [0.25, 0.3) is 0 Å². The van der Waals surface area contributed by atoms with Gasteiger partial charge in [0, 0.05) is 11.0 Å². The first-order valence-electron chi connectivity index (χ1n) is 6.55. The van der Waals surface area contributed by atoms with Gasteiger partial charge in [-0.2, -0.15) is 0 Å². The molecule has 0 atom stereocenters. The van der Waals surface area contributed by atoms with E-state index in [1.54, 1.807) is 45.0 Å². The lowest BCUT2D eigenvalue weighted by Crippen LogP contribution is -2.33. The maximum atomic E-state index is 12.1. The number of benzene rings is 1. The van der Waals surface area contributed by atoms with Crippen LogP contribution in [0.4, 0.5) is 4.79 Å². The lowest BCUT2D eigenvalue weighted by Gasteiger charge is -2.19. The van der Waals surface area contributed by atoms with Crippen LogP contribution in [0.15, 0.2) is 33.6 Å². The minimum Gasteiger partial charge on any atom is -0.444 e. The van der Waals surface area contributed by atoms with Crippen LogP contribution in [0, 0.1) is 0 Å². The van der Waals surface area contributed by atoms with E-state index >= 15 is 0 Å². The largest absolute Gasteiger partial charge is 0.444 e. The highest BCUT2D eigenvalue weighted by atomic mass is 79.9. The Balaban J connectivity index is 2.41. The summed E-state index contributed by atoms with van der Waals surface area (Å²) < 4.78 is 30.0. The highest BCUT2D eigenvalue weighted by Crippen LogP contribution is 2.16. The Morgan fingerprint density at radius 3 is 2.33 bits per heavy atom. The zero-order chi connectivity index (χ0) is 16.1. The molecule has 0 aliphatic rings. The van der Waals surface area contributed by atoms with Crippen molar-refractivity contribution >= 4 is 31.9 Å². The first kappa shape index (κ1) is 18.0. The normalized spacial score (nSPS) is 12.0. The Morgan fingerprint density at radius 1 is 1.24 bits per heavy atom. The van der Waals surface area contributed by atoms with Crippen molar-refractivity contribution in [1.82, 2.24) is 5.32 Å². The van der Waals surface area contributed by atoms with Crippen LogP contribution in [0.1, 0.15) is 27.2 Å². The number of sulfone groups is 1.